The molecule has 0 bridgehead atoms. The van der Waals surface area contributed by atoms with E-state index in [0.29, 0.717) is 0 Å². The normalized spacial score (nSPS) is 26.7. The molecule has 0 spiro atoms. The zero-order valence-electron chi connectivity index (χ0n) is 6.41. The minimum absolute atomic E-state index is 0.964. The van der Waals surface area contributed by atoms with Crippen LogP contribution in [0.15, 0.2) is 0 Å². The molecular weight excluding hydrogens is 190 g/mol. The van der Waals surface area contributed by atoms with Crippen molar-refractivity contribution < 1.29 is 0 Å². The second kappa shape index (κ2) is 5.14. The molecule has 0 radical (unpaired) electrons. The fourth-order valence-corrected chi connectivity index (χ4v) is 1.86. The molecule has 0 aliphatic carbocycles. The van der Waals surface area contributed by atoms with Crippen LogP contribution in [0.4, 0.5) is 0 Å². The molecule has 60 valence electrons. The average molecular weight is 206 g/mol. The Bertz CT molecular complexity index is 79.3. The third kappa shape index (κ3) is 3.02. The zero-order chi connectivity index (χ0) is 7.23. The molecule has 1 N–H and O–H groups in total. The van der Waals surface area contributed by atoms with Crippen molar-refractivity contribution in [1.29, 1.82) is 0 Å². The molecule has 1 aliphatic rings. The number of rotatable bonds is 3. The first-order chi connectivity index (χ1) is 4.93. The fourth-order valence-electron chi connectivity index (χ4n) is 1.54. The molecule has 1 nitrogen and oxygen atoms in total. The maximum atomic E-state index is 3.46. The summed E-state index contributed by atoms with van der Waals surface area (Å²) in [6.45, 7) is 2.50. The van der Waals surface area contributed by atoms with Crippen LogP contribution in [0, 0.1) is 5.92 Å². The summed E-state index contributed by atoms with van der Waals surface area (Å²) in [7, 11) is 0. The highest BCUT2D eigenvalue weighted by molar-refractivity contribution is 9.09. The van der Waals surface area contributed by atoms with Crippen molar-refractivity contribution >= 4 is 15.9 Å². The van der Waals surface area contributed by atoms with E-state index in [9.17, 15) is 0 Å². The van der Waals surface area contributed by atoms with Gasteiger partial charge in [-0.05, 0) is 44.7 Å². The second-order valence-electron chi connectivity index (χ2n) is 3.04. The Balaban J connectivity index is 2.02. The van der Waals surface area contributed by atoms with Gasteiger partial charge in [0.05, 0.1) is 0 Å². The fraction of sp³-hybridized carbons (Fsp3) is 1.00. The quantitative estimate of drug-likeness (QED) is 0.697. The van der Waals surface area contributed by atoms with Gasteiger partial charge < -0.3 is 5.32 Å². The third-order valence-electron chi connectivity index (χ3n) is 2.14. The predicted octanol–water partition coefficient (Wildman–Crippen LogP) is 2.16. The van der Waals surface area contributed by atoms with Gasteiger partial charge >= 0.3 is 0 Å². The van der Waals surface area contributed by atoms with E-state index in [4.69, 9.17) is 0 Å². The van der Waals surface area contributed by atoms with Crippen LogP contribution in [0.3, 0.4) is 0 Å². The molecule has 1 unspecified atom stereocenters. The number of halogens is 1. The molecule has 1 heterocycles. The van der Waals surface area contributed by atoms with Crippen LogP contribution in [0.5, 0.6) is 0 Å². The molecule has 1 fully saturated rings. The molecule has 10 heavy (non-hydrogen) atoms. The number of hydrogen-bond donors (Lipinski definition) is 1. The van der Waals surface area contributed by atoms with Crippen molar-refractivity contribution in [3.05, 3.63) is 0 Å². The Hall–Kier alpha value is 0.440. The molecule has 0 aromatic heterocycles. The van der Waals surface area contributed by atoms with Gasteiger partial charge in [0.25, 0.3) is 0 Å². The minimum atomic E-state index is 0.964. The first-order valence-electron chi connectivity index (χ1n) is 4.20. The molecule has 2 heteroatoms. The van der Waals surface area contributed by atoms with Gasteiger partial charge in [-0.2, -0.15) is 0 Å². The highest BCUT2D eigenvalue weighted by atomic mass is 79.9. The largest absolute Gasteiger partial charge is 0.316 e. The predicted molar refractivity (Wildman–Crippen MR) is 48.6 cm³/mol. The minimum Gasteiger partial charge on any atom is -0.316 e. The smallest absolute Gasteiger partial charge is 0.00314 e. The monoisotopic (exact) mass is 205 g/mol. The van der Waals surface area contributed by atoms with Crippen LogP contribution in [0.2, 0.25) is 0 Å². The number of hydrogen-bond acceptors (Lipinski definition) is 1. The summed E-state index contributed by atoms with van der Waals surface area (Å²) in [5.74, 6) is 0.964. The summed E-state index contributed by atoms with van der Waals surface area (Å²) in [4.78, 5) is 0. The van der Waals surface area contributed by atoms with Gasteiger partial charge in [-0.15, -0.1) is 0 Å². The van der Waals surface area contributed by atoms with E-state index >= 15 is 0 Å². The molecule has 1 aliphatic heterocycles. The van der Waals surface area contributed by atoms with Crippen molar-refractivity contribution in [2.45, 2.75) is 25.7 Å². The highest BCUT2D eigenvalue weighted by Gasteiger charge is 2.11. The van der Waals surface area contributed by atoms with Crippen molar-refractivity contribution in [1.82, 2.24) is 5.32 Å². The lowest BCUT2D eigenvalue weighted by Crippen LogP contribution is -2.29. The third-order valence-corrected chi connectivity index (χ3v) is 2.71. The van der Waals surface area contributed by atoms with Gasteiger partial charge in [-0.25, -0.2) is 0 Å². The maximum absolute atomic E-state index is 3.46. The van der Waals surface area contributed by atoms with E-state index in [1.165, 1.54) is 44.1 Å². The lowest BCUT2D eigenvalue weighted by molar-refractivity contribution is 0.356. The van der Waals surface area contributed by atoms with E-state index in [1.807, 2.05) is 0 Å². The molecule has 0 saturated carbocycles. The number of alkyl halides is 1. The summed E-state index contributed by atoms with van der Waals surface area (Å²) in [5.41, 5.74) is 0. The van der Waals surface area contributed by atoms with E-state index in [1.54, 1.807) is 0 Å². The first-order valence-corrected chi connectivity index (χ1v) is 5.32. The molecule has 1 saturated heterocycles. The van der Waals surface area contributed by atoms with Crippen LogP contribution in [-0.4, -0.2) is 18.4 Å². The Morgan fingerprint density at radius 3 is 3.00 bits per heavy atom. The maximum Gasteiger partial charge on any atom is 0.00314 e. The Morgan fingerprint density at radius 1 is 1.50 bits per heavy atom. The van der Waals surface area contributed by atoms with Gasteiger partial charge in [0, 0.05) is 5.33 Å². The van der Waals surface area contributed by atoms with Gasteiger partial charge in [0.1, 0.15) is 0 Å². The van der Waals surface area contributed by atoms with Crippen LogP contribution in [-0.2, 0) is 0 Å². The van der Waals surface area contributed by atoms with Crippen LogP contribution >= 0.6 is 15.9 Å². The topological polar surface area (TPSA) is 12.0 Å². The number of piperidine rings is 1. The summed E-state index contributed by atoms with van der Waals surface area (Å²) in [6, 6.07) is 0. The van der Waals surface area contributed by atoms with Crippen LogP contribution in [0.25, 0.3) is 0 Å². The molecule has 0 aromatic carbocycles. The molecule has 0 amide bonds. The van der Waals surface area contributed by atoms with Crippen molar-refractivity contribution in [3.63, 3.8) is 0 Å². The number of nitrogens with one attached hydrogen (secondary N) is 1. The van der Waals surface area contributed by atoms with E-state index in [0.717, 1.165) is 5.92 Å². The Labute approximate surface area is 71.7 Å². The second-order valence-corrected chi connectivity index (χ2v) is 3.84. The van der Waals surface area contributed by atoms with Crippen LogP contribution in [0.1, 0.15) is 25.7 Å². The van der Waals surface area contributed by atoms with Crippen molar-refractivity contribution in [3.8, 4) is 0 Å². The lowest BCUT2D eigenvalue weighted by Gasteiger charge is -2.21. The van der Waals surface area contributed by atoms with Gasteiger partial charge in [0.2, 0.25) is 0 Å². The van der Waals surface area contributed by atoms with E-state index in [-0.39, 0.29) is 0 Å². The van der Waals surface area contributed by atoms with E-state index < -0.39 is 0 Å². The molecule has 1 rings (SSSR count). The zero-order valence-corrected chi connectivity index (χ0v) is 7.99. The van der Waals surface area contributed by atoms with Crippen LogP contribution < -0.4 is 5.32 Å². The lowest BCUT2D eigenvalue weighted by atomic mass is 9.95. The average Bonchev–Trinajstić information content (AvgIpc) is 2.03. The first kappa shape index (κ1) is 8.54. The molecular formula is C8H16BrN. The summed E-state index contributed by atoms with van der Waals surface area (Å²) >= 11 is 3.46. The Morgan fingerprint density at radius 2 is 2.40 bits per heavy atom. The van der Waals surface area contributed by atoms with Crippen molar-refractivity contribution in [2.75, 3.05) is 18.4 Å². The molecule has 0 aromatic rings. The van der Waals surface area contributed by atoms with Gasteiger partial charge in [-0.3, -0.25) is 0 Å². The Kier molecular flexibility index (Phi) is 4.39. The van der Waals surface area contributed by atoms with Gasteiger partial charge in [0.15, 0.2) is 0 Å². The summed E-state index contributed by atoms with van der Waals surface area (Å²) in [5, 5.41) is 4.60. The van der Waals surface area contributed by atoms with Gasteiger partial charge in [-0.1, -0.05) is 15.9 Å². The summed E-state index contributed by atoms with van der Waals surface area (Å²) < 4.78 is 0. The SMILES string of the molecule is BrCCCC1CCCNC1. The summed E-state index contributed by atoms with van der Waals surface area (Å²) in [6.07, 6.45) is 5.57. The van der Waals surface area contributed by atoms with Crippen molar-refractivity contribution in [2.24, 2.45) is 5.92 Å². The highest BCUT2D eigenvalue weighted by Crippen LogP contribution is 2.15. The molecule has 1 atom stereocenters. The standard InChI is InChI=1S/C8H16BrN/c9-5-1-3-8-4-2-6-10-7-8/h8,10H,1-7H2. The van der Waals surface area contributed by atoms with E-state index in [2.05, 4.69) is 21.2 Å².